The molecule has 1 aromatic rings. The summed E-state index contributed by atoms with van der Waals surface area (Å²) in [6.45, 7) is 6.58. The first-order chi connectivity index (χ1) is 12.1. The van der Waals surface area contributed by atoms with Gasteiger partial charge in [-0.2, -0.15) is 0 Å². The maximum atomic E-state index is 12.8. The SMILES string of the molecule is Cc1nc(NCCC2=CCCCC2)cc(C(=O)N2CCCC(C)C2)n1. The Balaban J connectivity index is 1.61. The Labute approximate surface area is 150 Å². The molecule has 1 aliphatic heterocycles. The lowest BCUT2D eigenvalue weighted by molar-refractivity contribution is 0.0676. The van der Waals surface area contributed by atoms with E-state index < -0.39 is 0 Å². The molecule has 2 heterocycles. The molecule has 1 unspecified atom stereocenters. The van der Waals surface area contributed by atoms with Gasteiger partial charge in [0.05, 0.1) is 0 Å². The van der Waals surface area contributed by atoms with Crippen LogP contribution in [0.15, 0.2) is 17.7 Å². The monoisotopic (exact) mass is 342 g/mol. The molecular formula is C20H30N4O. The topological polar surface area (TPSA) is 58.1 Å². The molecule has 1 saturated heterocycles. The van der Waals surface area contributed by atoms with Crippen molar-refractivity contribution in [1.29, 1.82) is 0 Å². The Hall–Kier alpha value is -1.91. The van der Waals surface area contributed by atoms with Crippen LogP contribution in [0, 0.1) is 12.8 Å². The first kappa shape index (κ1) is 17.9. The average Bonchev–Trinajstić information content (AvgIpc) is 2.61. The van der Waals surface area contributed by atoms with Crippen LogP contribution in [0.5, 0.6) is 0 Å². The lowest BCUT2D eigenvalue weighted by atomic mass is 9.97. The van der Waals surface area contributed by atoms with Gasteiger partial charge in [0.1, 0.15) is 17.3 Å². The van der Waals surface area contributed by atoms with Crippen molar-refractivity contribution in [2.45, 2.75) is 58.8 Å². The summed E-state index contributed by atoms with van der Waals surface area (Å²) in [6.07, 6.45) is 10.8. The minimum atomic E-state index is 0.0371. The predicted molar refractivity (Wildman–Crippen MR) is 101 cm³/mol. The van der Waals surface area contributed by atoms with E-state index in [-0.39, 0.29) is 5.91 Å². The highest BCUT2D eigenvalue weighted by Gasteiger charge is 2.23. The number of carbonyl (C=O) groups is 1. The van der Waals surface area contributed by atoms with Crippen LogP contribution in [-0.4, -0.2) is 40.4 Å². The third-order valence-corrected chi connectivity index (χ3v) is 5.14. The van der Waals surface area contributed by atoms with E-state index in [1.54, 1.807) is 5.57 Å². The van der Waals surface area contributed by atoms with Crippen molar-refractivity contribution < 1.29 is 4.79 Å². The number of aryl methyl sites for hydroxylation is 1. The molecule has 5 nitrogen and oxygen atoms in total. The number of amides is 1. The third kappa shape index (κ3) is 5.03. The number of nitrogens with zero attached hydrogens (tertiary/aromatic N) is 3. The van der Waals surface area contributed by atoms with E-state index in [0.29, 0.717) is 17.4 Å². The molecule has 1 aliphatic carbocycles. The van der Waals surface area contributed by atoms with Gasteiger partial charge < -0.3 is 10.2 Å². The van der Waals surface area contributed by atoms with Crippen LogP contribution in [0.4, 0.5) is 5.82 Å². The molecule has 1 atom stereocenters. The number of piperidine rings is 1. The van der Waals surface area contributed by atoms with Gasteiger partial charge >= 0.3 is 0 Å². The number of hydrogen-bond acceptors (Lipinski definition) is 4. The second-order valence-corrected chi connectivity index (χ2v) is 7.47. The molecule has 136 valence electrons. The molecule has 1 amide bonds. The summed E-state index contributed by atoms with van der Waals surface area (Å²) in [4.78, 5) is 23.5. The molecule has 1 N–H and O–H groups in total. The molecule has 3 rings (SSSR count). The Morgan fingerprint density at radius 1 is 1.32 bits per heavy atom. The maximum absolute atomic E-state index is 12.8. The molecule has 2 aliphatic rings. The zero-order valence-corrected chi connectivity index (χ0v) is 15.6. The number of likely N-dealkylation sites (tertiary alicyclic amines) is 1. The van der Waals surface area contributed by atoms with Crippen LogP contribution >= 0.6 is 0 Å². The minimum absolute atomic E-state index is 0.0371. The lowest BCUT2D eigenvalue weighted by Crippen LogP contribution is -2.39. The van der Waals surface area contributed by atoms with Gasteiger partial charge in [-0.1, -0.05) is 18.6 Å². The number of allylic oxidation sites excluding steroid dienone is 1. The number of rotatable bonds is 5. The van der Waals surface area contributed by atoms with Crippen LogP contribution in [0.2, 0.25) is 0 Å². The van der Waals surface area contributed by atoms with E-state index in [9.17, 15) is 4.79 Å². The molecule has 0 aromatic carbocycles. The van der Waals surface area contributed by atoms with Crippen LogP contribution in [-0.2, 0) is 0 Å². The lowest BCUT2D eigenvalue weighted by Gasteiger charge is -2.30. The summed E-state index contributed by atoms with van der Waals surface area (Å²) in [5, 5.41) is 3.38. The van der Waals surface area contributed by atoms with E-state index in [1.165, 1.54) is 32.1 Å². The average molecular weight is 342 g/mol. The van der Waals surface area contributed by atoms with Crippen molar-refractivity contribution in [3.8, 4) is 0 Å². The summed E-state index contributed by atoms with van der Waals surface area (Å²) in [5.41, 5.74) is 2.06. The predicted octanol–water partition coefficient (Wildman–Crippen LogP) is 3.96. The summed E-state index contributed by atoms with van der Waals surface area (Å²) in [5.74, 6) is 2.02. The quantitative estimate of drug-likeness (QED) is 0.823. The summed E-state index contributed by atoms with van der Waals surface area (Å²) < 4.78 is 0. The zero-order valence-electron chi connectivity index (χ0n) is 15.6. The molecule has 25 heavy (non-hydrogen) atoms. The molecule has 0 saturated carbocycles. The summed E-state index contributed by atoms with van der Waals surface area (Å²) in [7, 11) is 0. The van der Waals surface area contributed by atoms with Gasteiger partial charge in [-0.15, -0.1) is 0 Å². The maximum Gasteiger partial charge on any atom is 0.272 e. The molecule has 1 aromatic heterocycles. The van der Waals surface area contributed by atoms with Gasteiger partial charge in [-0.25, -0.2) is 9.97 Å². The molecular weight excluding hydrogens is 312 g/mol. The van der Waals surface area contributed by atoms with Gasteiger partial charge in [0.25, 0.3) is 5.91 Å². The smallest absolute Gasteiger partial charge is 0.272 e. The number of nitrogens with one attached hydrogen (secondary N) is 1. The van der Waals surface area contributed by atoms with E-state index in [1.807, 2.05) is 17.9 Å². The van der Waals surface area contributed by atoms with Crippen molar-refractivity contribution in [2.75, 3.05) is 25.0 Å². The highest BCUT2D eigenvalue weighted by molar-refractivity contribution is 5.93. The van der Waals surface area contributed by atoms with E-state index in [4.69, 9.17) is 0 Å². The minimum Gasteiger partial charge on any atom is -0.370 e. The largest absolute Gasteiger partial charge is 0.370 e. The zero-order chi connectivity index (χ0) is 17.6. The van der Waals surface area contributed by atoms with Crippen LogP contribution in [0.25, 0.3) is 0 Å². The molecule has 0 bridgehead atoms. The molecule has 0 radical (unpaired) electrons. The van der Waals surface area contributed by atoms with Gasteiger partial charge in [-0.05, 0) is 57.8 Å². The fraction of sp³-hybridized carbons (Fsp3) is 0.650. The van der Waals surface area contributed by atoms with Crippen LogP contribution in [0.1, 0.15) is 68.2 Å². The Kier molecular flexibility index (Phi) is 6.05. The highest BCUT2D eigenvalue weighted by Crippen LogP contribution is 2.21. The van der Waals surface area contributed by atoms with Crippen molar-refractivity contribution in [3.63, 3.8) is 0 Å². The van der Waals surface area contributed by atoms with E-state index in [2.05, 4.69) is 28.3 Å². The van der Waals surface area contributed by atoms with Crippen LogP contribution in [0.3, 0.4) is 0 Å². The van der Waals surface area contributed by atoms with E-state index in [0.717, 1.165) is 38.3 Å². The van der Waals surface area contributed by atoms with Gasteiger partial charge in [0.15, 0.2) is 0 Å². The Morgan fingerprint density at radius 2 is 2.20 bits per heavy atom. The first-order valence-corrected chi connectivity index (χ1v) is 9.68. The fourth-order valence-electron chi connectivity index (χ4n) is 3.79. The number of anilines is 1. The highest BCUT2D eigenvalue weighted by atomic mass is 16.2. The van der Waals surface area contributed by atoms with Crippen molar-refractivity contribution >= 4 is 11.7 Å². The summed E-state index contributed by atoms with van der Waals surface area (Å²) in [6, 6.07) is 1.81. The number of carbonyl (C=O) groups excluding carboxylic acids is 1. The number of aromatic nitrogens is 2. The standard InChI is InChI=1S/C20H30N4O/c1-15-7-6-12-24(14-15)20(25)18-13-19(23-16(2)22-18)21-11-10-17-8-4-3-5-9-17/h8,13,15H,3-7,9-12,14H2,1-2H3,(H,21,22,23). The van der Waals surface area contributed by atoms with Crippen molar-refractivity contribution in [1.82, 2.24) is 14.9 Å². The van der Waals surface area contributed by atoms with Crippen molar-refractivity contribution in [2.24, 2.45) is 5.92 Å². The third-order valence-electron chi connectivity index (χ3n) is 5.14. The Morgan fingerprint density at radius 3 is 2.96 bits per heavy atom. The summed E-state index contributed by atoms with van der Waals surface area (Å²) >= 11 is 0. The van der Waals surface area contributed by atoms with E-state index >= 15 is 0 Å². The molecule has 0 spiro atoms. The van der Waals surface area contributed by atoms with Gasteiger partial charge in [0.2, 0.25) is 0 Å². The van der Waals surface area contributed by atoms with Crippen molar-refractivity contribution in [3.05, 3.63) is 29.2 Å². The van der Waals surface area contributed by atoms with Gasteiger partial charge in [-0.3, -0.25) is 4.79 Å². The molecule has 1 fully saturated rings. The van der Waals surface area contributed by atoms with Crippen LogP contribution < -0.4 is 5.32 Å². The second-order valence-electron chi connectivity index (χ2n) is 7.47. The second kappa shape index (κ2) is 8.45. The Bertz CT molecular complexity index is 641. The first-order valence-electron chi connectivity index (χ1n) is 9.68. The molecule has 5 heteroatoms. The normalized spacial score (nSPS) is 21.0. The van der Waals surface area contributed by atoms with Gasteiger partial charge in [0, 0.05) is 25.7 Å². The fourth-order valence-corrected chi connectivity index (χ4v) is 3.79. The number of hydrogen-bond donors (Lipinski definition) is 1.